The zero-order chi connectivity index (χ0) is 13.3. The molecule has 18 heavy (non-hydrogen) atoms. The van der Waals surface area contributed by atoms with Crippen LogP contribution in [0.1, 0.15) is 47.5 Å². The van der Waals surface area contributed by atoms with Crippen molar-refractivity contribution in [3.05, 3.63) is 12.2 Å². The SMILES string of the molecule is C[C@@H]1C=C[C@@H](C)N1[C@H]1C(=O)[C@@]2(C)CC[C@H]1C2(C)C. The van der Waals surface area contributed by atoms with E-state index in [-0.39, 0.29) is 16.9 Å². The molecular formula is C16H25NO. The molecule has 0 unspecified atom stereocenters. The Balaban J connectivity index is 1.99. The predicted molar refractivity (Wildman–Crippen MR) is 73.3 cm³/mol. The van der Waals surface area contributed by atoms with Gasteiger partial charge in [-0.3, -0.25) is 9.69 Å². The molecule has 2 heteroatoms. The maximum absolute atomic E-state index is 12.9. The average Bonchev–Trinajstić information content (AvgIpc) is 2.77. The molecule has 2 nitrogen and oxygen atoms in total. The van der Waals surface area contributed by atoms with Gasteiger partial charge in [-0.25, -0.2) is 0 Å². The summed E-state index contributed by atoms with van der Waals surface area (Å²) >= 11 is 0. The summed E-state index contributed by atoms with van der Waals surface area (Å²) in [4.78, 5) is 15.4. The van der Waals surface area contributed by atoms with E-state index >= 15 is 0 Å². The molecule has 0 aromatic carbocycles. The lowest BCUT2D eigenvalue weighted by Crippen LogP contribution is -2.51. The molecule has 0 amide bonds. The number of Topliss-reactive ketones (excluding diaryl/α,β-unsaturated/α-hetero) is 1. The Bertz CT molecular complexity index is 411. The highest BCUT2D eigenvalue weighted by Crippen LogP contribution is 2.64. The molecule has 100 valence electrons. The first kappa shape index (κ1) is 12.4. The first-order chi connectivity index (χ1) is 8.30. The maximum Gasteiger partial charge on any atom is 0.156 e. The molecule has 1 heterocycles. The van der Waals surface area contributed by atoms with Crippen LogP contribution in [0.15, 0.2) is 12.2 Å². The molecule has 0 aromatic heterocycles. The summed E-state index contributed by atoms with van der Waals surface area (Å²) in [6.07, 6.45) is 6.80. The Morgan fingerprint density at radius 2 is 1.72 bits per heavy atom. The van der Waals surface area contributed by atoms with Gasteiger partial charge in [-0.1, -0.05) is 32.9 Å². The van der Waals surface area contributed by atoms with Gasteiger partial charge in [0.05, 0.1) is 6.04 Å². The molecule has 0 radical (unpaired) electrons. The Morgan fingerprint density at radius 3 is 2.17 bits per heavy atom. The second-order valence-electron chi connectivity index (χ2n) is 7.32. The topological polar surface area (TPSA) is 20.3 Å². The number of nitrogens with zero attached hydrogens (tertiary/aromatic N) is 1. The minimum Gasteiger partial charge on any atom is -0.297 e. The van der Waals surface area contributed by atoms with Gasteiger partial charge in [0.15, 0.2) is 5.78 Å². The van der Waals surface area contributed by atoms with Crippen LogP contribution < -0.4 is 0 Å². The standard InChI is InChI=1S/C16H25NO/c1-10-6-7-11(2)17(10)13-12-8-9-16(5,14(13)18)15(12,3)4/h6-7,10-13H,8-9H2,1-5H3/t10-,11-,12-,13-,16-/m1/s1. The molecule has 0 saturated heterocycles. The molecule has 0 aromatic rings. The van der Waals surface area contributed by atoms with Crippen molar-refractivity contribution in [1.29, 1.82) is 0 Å². The lowest BCUT2D eigenvalue weighted by molar-refractivity contribution is -0.133. The van der Waals surface area contributed by atoms with Gasteiger partial charge in [0.25, 0.3) is 0 Å². The normalized spacial score (nSPS) is 50.4. The van der Waals surface area contributed by atoms with Crippen LogP contribution in [-0.2, 0) is 4.79 Å². The smallest absolute Gasteiger partial charge is 0.156 e. The minimum absolute atomic E-state index is 0.0929. The fourth-order valence-electron chi connectivity index (χ4n) is 4.78. The van der Waals surface area contributed by atoms with Crippen molar-refractivity contribution in [1.82, 2.24) is 4.90 Å². The Labute approximate surface area is 110 Å². The molecular weight excluding hydrogens is 222 g/mol. The third-order valence-electron chi connectivity index (χ3n) is 6.43. The number of carbonyl (C=O) groups is 1. The average molecular weight is 247 g/mol. The molecule has 2 fully saturated rings. The Morgan fingerprint density at radius 1 is 1.17 bits per heavy atom. The summed E-state index contributed by atoms with van der Waals surface area (Å²) < 4.78 is 0. The molecule has 2 bridgehead atoms. The van der Waals surface area contributed by atoms with E-state index in [0.717, 1.165) is 6.42 Å². The van der Waals surface area contributed by atoms with Crippen LogP contribution in [0.2, 0.25) is 0 Å². The van der Waals surface area contributed by atoms with Gasteiger partial charge in [0.1, 0.15) is 0 Å². The summed E-state index contributed by atoms with van der Waals surface area (Å²) in [6, 6.07) is 0.971. The number of hydrogen-bond acceptors (Lipinski definition) is 2. The van der Waals surface area contributed by atoms with E-state index in [1.165, 1.54) is 6.42 Å². The van der Waals surface area contributed by atoms with Gasteiger partial charge in [-0.2, -0.15) is 0 Å². The monoisotopic (exact) mass is 247 g/mol. The predicted octanol–water partition coefficient (Wildman–Crippen LogP) is 3.03. The quantitative estimate of drug-likeness (QED) is 0.664. The highest BCUT2D eigenvalue weighted by atomic mass is 16.1. The van der Waals surface area contributed by atoms with Crippen LogP contribution in [0.5, 0.6) is 0 Å². The summed E-state index contributed by atoms with van der Waals surface area (Å²) in [7, 11) is 0. The number of rotatable bonds is 1. The molecule has 1 aliphatic heterocycles. The van der Waals surface area contributed by atoms with E-state index in [1.54, 1.807) is 0 Å². The van der Waals surface area contributed by atoms with Crippen LogP contribution in [0.4, 0.5) is 0 Å². The van der Waals surface area contributed by atoms with Crippen molar-refractivity contribution in [3.63, 3.8) is 0 Å². The van der Waals surface area contributed by atoms with Crippen LogP contribution in [0.25, 0.3) is 0 Å². The lowest BCUT2D eigenvalue weighted by atomic mass is 9.70. The zero-order valence-electron chi connectivity index (χ0n) is 12.2. The molecule has 3 rings (SSSR count). The number of ketones is 1. The highest BCUT2D eigenvalue weighted by molar-refractivity contribution is 5.94. The lowest BCUT2D eigenvalue weighted by Gasteiger charge is -2.37. The van der Waals surface area contributed by atoms with Crippen LogP contribution >= 0.6 is 0 Å². The Hall–Kier alpha value is -0.630. The van der Waals surface area contributed by atoms with Crippen molar-refractivity contribution < 1.29 is 4.79 Å². The van der Waals surface area contributed by atoms with E-state index in [1.807, 2.05) is 0 Å². The van der Waals surface area contributed by atoms with Crippen molar-refractivity contribution in [3.8, 4) is 0 Å². The van der Waals surface area contributed by atoms with Crippen LogP contribution in [0.3, 0.4) is 0 Å². The van der Waals surface area contributed by atoms with E-state index in [2.05, 4.69) is 51.7 Å². The second-order valence-corrected chi connectivity index (χ2v) is 7.32. The zero-order valence-corrected chi connectivity index (χ0v) is 12.2. The first-order valence-electron chi connectivity index (χ1n) is 7.31. The Kier molecular flexibility index (Phi) is 2.39. The summed E-state index contributed by atoms with van der Waals surface area (Å²) in [5.74, 6) is 1.05. The fourth-order valence-corrected chi connectivity index (χ4v) is 4.78. The third-order valence-corrected chi connectivity index (χ3v) is 6.43. The molecule has 2 saturated carbocycles. The fraction of sp³-hybridized carbons (Fsp3) is 0.812. The first-order valence-corrected chi connectivity index (χ1v) is 7.31. The molecule has 0 N–H and O–H groups in total. The summed E-state index contributed by atoms with van der Waals surface area (Å²) in [5.41, 5.74) is 0.0706. The van der Waals surface area contributed by atoms with E-state index < -0.39 is 0 Å². The highest BCUT2D eigenvalue weighted by Gasteiger charge is 2.67. The van der Waals surface area contributed by atoms with Crippen molar-refractivity contribution in [2.45, 2.75) is 65.6 Å². The largest absolute Gasteiger partial charge is 0.297 e. The van der Waals surface area contributed by atoms with Crippen molar-refractivity contribution in [2.75, 3.05) is 0 Å². The number of hydrogen-bond donors (Lipinski definition) is 0. The maximum atomic E-state index is 12.9. The third kappa shape index (κ3) is 1.20. The van der Waals surface area contributed by atoms with Crippen molar-refractivity contribution in [2.24, 2.45) is 16.7 Å². The van der Waals surface area contributed by atoms with Gasteiger partial charge < -0.3 is 0 Å². The van der Waals surface area contributed by atoms with Gasteiger partial charge in [0, 0.05) is 17.5 Å². The van der Waals surface area contributed by atoms with Gasteiger partial charge in [-0.05, 0) is 38.0 Å². The van der Waals surface area contributed by atoms with Gasteiger partial charge >= 0.3 is 0 Å². The molecule has 2 aliphatic carbocycles. The van der Waals surface area contributed by atoms with E-state index in [9.17, 15) is 4.79 Å². The summed E-state index contributed by atoms with van der Waals surface area (Å²) in [6.45, 7) is 11.3. The van der Waals surface area contributed by atoms with Crippen molar-refractivity contribution >= 4 is 5.78 Å². The van der Waals surface area contributed by atoms with E-state index in [0.29, 0.717) is 23.8 Å². The van der Waals surface area contributed by atoms with Gasteiger partial charge in [0.2, 0.25) is 0 Å². The second kappa shape index (κ2) is 3.47. The van der Waals surface area contributed by atoms with E-state index in [4.69, 9.17) is 0 Å². The van der Waals surface area contributed by atoms with Crippen LogP contribution in [-0.4, -0.2) is 28.8 Å². The number of carbonyl (C=O) groups excluding carboxylic acids is 1. The molecule has 0 spiro atoms. The number of fused-ring (bicyclic) bond motifs is 2. The summed E-state index contributed by atoms with van der Waals surface area (Å²) in [5, 5.41) is 0. The van der Waals surface area contributed by atoms with Crippen LogP contribution in [0, 0.1) is 16.7 Å². The van der Waals surface area contributed by atoms with Gasteiger partial charge in [-0.15, -0.1) is 0 Å². The molecule has 3 aliphatic rings. The minimum atomic E-state index is -0.0929. The molecule has 5 atom stereocenters.